The number of ether oxygens (including phenoxy) is 1. The first kappa shape index (κ1) is 11.7. The number of nitriles is 1. The third-order valence-electron chi connectivity index (χ3n) is 2.93. The first-order chi connectivity index (χ1) is 8.36. The molecule has 0 amide bonds. The summed E-state index contributed by atoms with van der Waals surface area (Å²) in [7, 11) is 1.73. The van der Waals surface area contributed by atoms with Crippen LogP contribution in [0.15, 0.2) is 30.5 Å². The summed E-state index contributed by atoms with van der Waals surface area (Å²) in [6, 6.07) is 10.1. The van der Waals surface area contributed by atoms with Crippen molar-refractivity contribution >= 4 is 10.9 Å². The number of nitrogens with zero attached hydrogens (tertiary/aromatic N) is 2. The summed E-state index contributed by atoms with van der Waals surface area (Å²) >= 11 is 0. The van der Waals surface area contributed by atoms with Crippen molar-refractivity contribution < 1.29 is 4.74 Å². The van der Waals surface area contributed by atoms with Gasteiger partial charge >= 0.3 is 0 Å². The summed E-state index contributed by atoms with van der Waals surface area (Å²) in [5, 5.41) is 10.1. The lowest BCUT2D eigenvalue weighted by Crippen LogP contribution is -1.98. The van der Waals surface area contributed by atoms with Gasteiger partial charge in [-0.25, -0.2) is 0 Å². The van der Waals surface area contributed by atoms with Crippen molar-refractivity contribution in [2.45, 2.75) is 19.4 Å². The van der Waals surface area contributed by atoms with Crippen molar-refractivity contribution in [2.75, 3.05) is 13.7 Å². The molecule has 0 aliphatic heterocycles. The highest BCUT2D eigenvalue weighted by Crippen LogP contribution is 2.20. The molecule has 3 heteroatoms. The van der Waals surface area contributed by atoms with Gasteiger partial charge < -0.3 is 9.30 Å². The van der Waals surface area contributed by atoms with Gasteiger partial charge in [-0.3, -0.25) is 0 Å². The highest BCUT2D eigenvalue weighted by molar-refractivity contribution is 5.85. The zero-order chi connectivity index (χ0) is 12.1. The van der Waals surface area contributed by atoms with E-state index in [9.17, 15) is 0 Å². The van der Waals surface area contributed by atoms with Crippen molar-refractivity contribution in [2.24, 2.45) is 0 Å². The van der Waals surface area contributed by atoms with Crippen LogP contribution in [-0.4, -0.2) is 18.3 Å². The molecule has 1 heterocycles. The molecule has 1 aromatic carbocycles. The molecule has 2 rings (SSSR count). The third-order valence-corrected chi connectivity index (χ3v) is 2.93. The van der Waals surface area contributed by atoms with Crippen LogP contribution in [0.3, 0.4) is 0 Å². The molecule has 3 nitrogen and oxygen atoms in total. The van der Waals surface area contributed by atoms with Gasteiger partial charge in [-0.2, -0.15) is 5.26 Å². The summed E-state index contributed by atoms with van der Waals surface area (Å²) in [6.45, 7) is 1.78. The Labute approximate surface area is 101 Å². The number of unbranched alkanes of at least 4 members (excludes halogenated alkanes) is 1. The van der Waals surface area contributed by atoms with Crippen LogP contribution in [0.4, 0.5) is 0 Å². The van der Waals surface area contributed by atoms with E-state index in [4.69, 9.17) is 10.00 Å². The van der Waals surface area contributed by atoms with Gasteiger partial charge in [0.1, 0.15) is 0 Å². The highest BCUT2D eigenvalue weighted by atomic mass is 16.5. The molecule has 0 N–H and O–H groups in total. The zero-order valence-corrected chi connectivity index (χ0v) is 10.0. The van der Waals surface area contributed by atoms with E-state index in [0.29, 0.717) is 0 Å². The first-order valence-corrected chi connectivity index (χ1v) is 5.83. The second-order valence-electron chi connectivity index (χ2n) is 4.06. The van der Waals surface area contributed by atoms with Crippen molar-refractivity contribution in [1.29, 1.82) is 5.26 Å². The monoisotopic (exact) mass is 228 g/mol. The minimum Gasteiger partial charge on any atom is -0.385 e. The maximum Gasteiger partial charge on any atom is 0.0998 e. The molecule has 0 unspecified atom stereocenters. The first-order valence-electron chi connectivity index (χ1n) is 5.83. The van der Waals surface area contributed by atoms with Crippen molar-refractivity contribution in [3.63, 3.8) is 0 Å². The summed E-state index contributed by atoms with van der Waals surface area (Å²) in [6.07, 6.45) is 4.21. The van der Waals surface area contributed by atoms with Crippen LogP contribution in [0, 0.1) is 11.3 Å². The van der Waals surface area contributed by atoms with Gasteiger partial charge in [0.05, 0.1) is 11.6 Å². The number of aromatic nitrogens is 1. The van der Waals surface area contributed by atoms with Crippen LogP contribution >= 0.6 is 0 Å². The maximum absolute atomic E-state index is 9.02. The molecule has 2 aromatic rings. The highest BCUT2D eigenvalue weighted by Gasteiger charge is 2.04. The molecular formula is C14H16N2O. The minimum atomic E-state index is 0.748. The molecule has 17 heavy (non-hydrogen) atoms. The molecule has 0 bridgehead atoms. The second-order valence-corrected chi connectivity index (χ2v) is 4.06. The molecule has 0 saturated heterocycles. The lowest BCUT2D eigenvalue weighted by atomic mass is 10.1. The standard InChI is InChI=1S/C14H16N2O/c1-17-10-3-2-8-16-9-7-13-12(11-15)5-4-6-14(13)16/h4-7,9H,2-3,8,10H2,1H3. The Kier molecular flexibility index (Phi) is 3.79. The topological polar surface area (TPSA) is 38.0 Å². The van der Waals surface area contributed by atoms with E-state index in [0.717, 1.165) is 42.5 Å². The third kappa shape index (κ3) is 2.48. The molecule has 0 saturated carbocycles. The van der Waals surface area contributed by atoms with E-state index in [1.165, 1.54) is 0 Å². The van der Waals surface area contributed by atoms with Crippen molar-refractivity contribution in [3.05, 3.63) is 36.0 Å². The van der Waals surface area contributed by atoms with Gasteiger partial charge in [0.15, 0.2) is 0 Å². The Morgan fingerprint density at radius 1 is 1.29 bits per heavy atom. The fourth-order valence-electron chi connectivity index (χ4n) is 2.04. The zero-order valence-electron chi connectivity index (χ0n) is 10.0. The Morgan fingerprint density at radius 3 is 2.94 bits per heavy atom. The van der Waals surface area contributed by atoms with Crippen LogP contribution < -0.4 is 0 Å². The Bertz CT molecular complexity index is 537. The largest absolute Gasteiger partial charge is 0.385 e. The summed E-state index contributed by atoms with van der Waals surface area (Å²) in [5.41, 5.74) is 1.89. The Balaban J connectivity index is 2.17. The van der Waals surface area contributed by atoms with Gasteiger partial charge in [-0.15, -0.1) is 0 Å². The molecular weight excluding hydrogens is 212 g/mol. The van der Waals surface area contributed by atoms with Crippen molar-refractivity contribution in [1.82, 2.24) is 4.57 Å². The predicted molar refractivity (Wildman–Crippen MR) is 67.8 cm³/mol. The van der Waals surface area contributed by atoms with Crippen molar-refractivity contribution in [3.8, 4) is 6.07 Å². The number of rotatable bonds is 5. The fraction of sp³-hybridized carbons (Fsp3) is 0.357. The fourth-order valence-corrected chi connectivity index (χ4v) is 2.04. The average molecular weight is 228 g/mol. The quantitative estimate of drug-likeness (QED) is 0.738. The Hall–Kier alpha value is -1.79. The van der Waals surface area contributed by atoms with Gasteiger partial charge in [-0.1, -0.05) is 6.07 Å². The lowest BCUT2D eigenvalue weighted by Gasteiger charge is -2.05. The van der Waals surface area contributed by atoms with E-state index in [1.807, 2.05) is 18.2 Å². The molecule has 0 aliphatic rings. The molecule has 0 radical (unpaired) electrons. The van der Waals surface area contributed by atoms with Crippen LogP contribution in [-0.2, 0) is 11.3 Å². The predicted octanol–water partition coefficient (Wildman–Crippen LogP) is 2.94. The van der Waals surface area contributed by atoms with E-state index in [-0.39, 0.29) is 0 Å². The molecule has 88 valence electrons. The van der Waals surface area contributed by atoms with E-state index >= 15 is 0 Å². The SMILES string of the molecule is COCCCCn1ccc2c(C#N)cccc21. The number of fused-ring (bicyclic) bond motifs is 1. The summed E-state index contributed by atoms with van der Waals surface area (Å²) < 4.78 is 7.23. The number of methoxy groups -OCH3 is 1. The molecule has 0 atom stereocenters. The number of aryl methyl sites for hydroxylation is 1. The maximum atomic E-state index is 9.02. The van der Waals surface area contributed by atoms with Gasteiger partial charge in [-0.05, 0) is 31.0 Å². The molecule has 0 aliphatic carbocycles. The van der Waals surface area contributed by atoms with Gasteiger partial charge in [0.2, 0.25) is 0 Å². The summed E-state index contributed by atoms with van der Waals surface area (Å²) in [5.74, 6) is 0. The summed E-state index contributed by atoms with van der Waals surface area (Å²) in [4.78, 5) is 0. The second kappa shape index (κ2) is 5.51. The van der Waals surface area contributed by atoms with Crippen LogP contribution in [0.5, 0.6) is 0 Å². The van der Waals surface area contributed by atoms with E-state index in [2.05, 4.69) is 22.9 Å². The number of hydrogen-bond donors (Lipinski definition) is 0. The minimum absolute atomic E-state index is 0.748. The Morgan fingerprint density at radius 2 is 2.18 bits per heavy atom. The van der Waals surface area contributed by atoms with Gasteiger partial charge in [0, 0.05) is 37.4 Å². The van der Waals surface area contributed by atoms with E-state index < -0.39 is 0 Å². The van der Waals surface area contributed by atoms with Crippen LogP contribution in [0.2, 0.25) is 0 Å². The smallest absolute Gasteiger partial charge is 0.0998 e. The average Bonchev–Trinajstić information content (AvgIpc) is 2.78. The molecule has 0 spiro atoms. The van der Waals surface area contributed by atoms with Crippen LogP contribution in [0.25, 0.3) is 10.9 Å². The lowest BCUT2D eigenvalue weighted by molar-refractivity contribution is 0.191. The van der Waals surface area contributed by atoms with E-state index in [1.54, 1.807) is 7.11 Å². The molecule has 0 fully saturated rings. The van der Waals surface area contributed by atoms with Crippen LogP contribution in [0.1, 0.15) is 18.4 Å². The molecule has 1 aromatic heterocycles. The number of hydrogen-bond acceptors (Lipinski definition) is 2. The number of benzene rings is 1. The normalized spacial score (nSPS) is 10.6. The van der Waals surface area contributed by atoms with Gasteiger partial charge in [0.25, 0.3) is 0 Å².